The van der Waals surface area contributed by atoms with Crippen LogP contribution in [0.15, 0.2) is 12.3 Å². The standard InChI is InChI=1S/C10H13F2NO3/c1-2-16-8(14)7-13-6-4-3-5-10(11,12)9(13)15/h4,6H,2-3,5,7H2,1H3. The number of ether oxygens (including phenoxy) is 1. The number of allylic oxidation sites excluding steroid dienone is 1. The molecule has 0 fully saturated rings. The lowest BCUT2D eigenvalue weighted by Gasteiger charge is -2.20. The number of carbonyl (C=O) groups excluding carboxylic acids is 2. The highest BCUT2D eigenvalue weighted by molar-refractivity contribution is 5.88. The van der Waals surface area contributed by atoms with Crippen LogP contribution in [-0.4, -0.2) is 35.9 Å². The number of hydrogen-bond acceptors (Lipinski definition) is 3. The van der Waals surface area contributed by atoms with E-state index in [2.05, 4.69) is 4.74 Å². The zero-order chi connectivity index (χ0) is 12.2. The molecule has 0 aromatic rings. The topological polar surface area (TPSA) is 46.6 Å². The van der Waals surface area contributed by atoms with E-state index < -0.39 is 30.8 Å². The molecule has 0 unspecified atom stereocenters. The Morgan fingerprint density at radius 2 is 2.31 bits per heavy atom. The van der Waals surface area contributed by atoms with Gasteiger partial charge in [0, 0.05) is 12.6 Å². The monoisotopic (exact) mass is 233 g/mol. The summed E-state index contributed by atoms with van der Waals surface area (Å²) in [5.74, 6) is -5.46. The quantitative estimate of drug-likeness (QED) is 0.691. The second-order valence-corrected chi connectivity index (χ2v) is 3.37. The van der Waals surface area contributed by atoms with Crippen molar-refractivity contribution < 1.29 is 23.1 Å². The Kier molecular flexibility index (Phi) is 3.98. The molecular formula is C10H13F2NO3. The Morgan fingerprint density at radius 3 is 2.94 bits per heavy atom. The molecule has 90 valence electrons. The van der Waals surface area contributed by atoms with Crippen LogP contribution in [0.2, 0.25) is 0 Å². The maximum atomic E-state index is 13.2. The Balaban J connectivity index is 2.70. The predicted molar refractivity (Wildman–Crippen MR) is 51.7 cm³/mol. The van der Waals surface area contributed by atoms with Crippen LogP contribution in [-0.2, 0) is 14.3 Å². The molecule has 1 heterocycles. The fourth-order valence-corrected chi connectivity index (χ4v) is 1.32. The van der Waals surface area contributed by atoms with Crippen LogP contribution >= 0.6 is 0 Å². The van der Waals surface area contributed by atoms with Crippen molar-refractivity contribution in [2.45, 2.75) is 25.7 Å². The smallest absolute Gasteiger partial charge is 0.326 e. The molecule has 0 aliphatic carbocycles. The average Bonchev–Trinajstić information content (AvgIpc) is 2.32. The summed E-state index contributed by atoms with van der Waals surface area (Å²) >= 11 is 0. The van der Waals surface area contributed by atoms with E-state index in [0.717, 1.165) is 0 Å². The van der Waals surface area contributed by atoms with Gasteiger partial charge >= 0.3 is 11.9 Å². The van der Waals surface area contributed by atoms with Gasteiger partial charge in [0.15, 0.2) is 0 Å². The number of rotatable bonds is 3. The summed E-state index contributed by atoms with van der Waals surface area (Å²) in [5.41, 5.74) is 0. The van der Waals surface area contributed by atoms with Crippen molar-refractivity contribution in [1.29, 1.82) is 0 Å². The molecule has 1 aliphatic rings. The maximum absolute atomic E-state index is 13.2. The van der Waals surface area contributed by atoms with Crippen LogP contribution in [0.25, 0.3) is 0 Å². The fraction of sp³-hybridized carbons (Fsp3) is 0.600. The lowest BCUT2D eigenvalue weighted by molar-refractivity contribution is -0.159. The van der Waals surface area contributed by atoms with Gasteiger partial charge in [0.05, 0.1) is 6.61 Å². The summed E-state index contributed by atoms with van der Waals surface area (Å²) in [6.07, 6.45) is 2.23. The first-order valence-electron chi connectivity index (χ1n) is 4.98. The Morgan fingerprint density at radius 1 is 1.62 bits per heavy atom. The van der Waals surface area contributed by atoms with Crippen molar-refractivity contribution in [3.63, 3.8) is 0 Å². The first-order chi connectivity index (χ1) is 7.47. The third-order valence-electron chi connectivity index (χ3n) is 2.09. The van der Waals surface area contributed by atoms with Gasteiger partial charge in [-0.3, -0.25) is 9.59 Å². The molecule has 1 amide bonds. The molecule has 0 aromatic heterocycles. The van der Waals surface area contributed by atoms with Crippen molar-refractivity contribution in [3.05, 3.63) is 12.3 Å². The van der Waals surface area contributed by atoms with E-state index in [1.165, 1.54) is 12.3 Å². The van der Waals surface area contributed by atoms with Gasteiger partial charge in [-0.1, -0.05) is 6.08 Å². The van der Waals surface area contributed by atoms with Crippen molar-refractivity contribution in [3.8, 4) is 0 Å². The van der Waals surface area contributed by atoms with Crippen LogP contribution < -0.4 is 0 Å². The number of carbonyl (C=O) groups is 2. The number of nitrogens with zero attached hydrogens (tertiary/aromatic N) is 1. The van der Waals surface area contributed by atoms with Gasteiger partial charge < -0.3 is 9.64 Å². The summed E-state index contributed by atoms with van der Waals surface area (Å²) in [6.45, 7) is 1.28. The summed E-state index contributed by atoms with van der Waals surface area (Å²) < 4.78 is 30.9. The minimum atomic E-state index is -3.41. The van der Waals surface area contributed by atoms with Gasteiger partial charge in [-0.2, -0.15) is 8.78 Å². The molecule has 0 bridgehead atoms. The minimum absolute atomic E-state index is 0.109. The molecule has 0 aromatic carbocycles. The lowest BCUT2D eigenvalue weighted by Crippen LogP contribution is -2.42. The Hall–Kier alpha value is -1.46. The molecule has 1 aliphatic heterocycles. The van der Waals surface area contributed by atoms with E-state index in [1.807, 2.05) is 0 Å². The van der Waals surface area contributed by atoms with Gasteiger partial charge in [-0.25, -0.2) is 0 Å². The zero-order valence-corrected chi connectivity index (χ0v) is 8.91. The first-order valence-corrected chi connectivity index (χ1v) is 4.98. The first kappa shape index (κ1) is 12.6. The average molecular weight is 233 g/mol. The number of amides is 1. The Bertz CT molecular complexity index is 315. The number of hydrogen-bond donors (Lipinski definition) is 0. The van der Waals surface area contributed by atoms with Crippen molar-refractivity contribution in [2.75, 3.05) is 13.2 Å². The normalized spacial score (nSPS) is 19.4. The lowest BCUT2D eigenvalue weighted by atomic mass is 10.2. The summed E-state index contributed by atoms with van der Waals surface area (Å²) in [6, 6.07) is 0. The van der Waals surface area contributed by atoms with E-state index in [1.54, 1.807) is 6.92 Å². The third kappa shape index (κ3) is 3.01. The molecular weight excluding hydrogens is 220 g/mol. The molecule has 6 heteroatoms. The number of halogens is 2. The highest BCUT2D eigenvalue weighted by Gasteiger charge is 2.42. The van der Waals surface area contributed by atoms with E-state index in [0.29, 0.717) is 4.90 Å². The van der Waals surface area contributed by atoms with Gasteiger partial charge in [-0.15, -0.1) is 0 Å². The highest BCUT2D eigenvalue weighted by Crippen LogP contribution is 2.26. The number of esters is 1. The van der Waals surface area contributed by atoms with Crippen LogP contribution in [0.1, 0.15) is 19.8 Å². The second kappa shape index (κ2) is 5.05. The predicted octanol–water partition coefficient (Wildman–Crippen LogP) is 1.32. The summed E-state index contributed by atoms with van der Waals surface area (Å²) in [4.78, 5) is 23.1. The van der Waals surface area contributed by atoms with Crippen molar-refractivity contribution in [2.24, 2.45) is 0 Å². The molecule has 0 saturated heterocycles. The van der Waals surface area contributed by atoms with E-state index in [4.69, 9.17) is 0 Å². The molecule has 0 spiro atoms. The molecule has 1 rings (SSSR count). The Labute approximate surface area is 91.9 Å². The third-order valence-corrected chi connectivity index (χ3v) is 2.09. The molecule has 0 N–H and O–H groups in total. The number of alkyl halides is 2. The SMILES string of the molecule is CCOC(=O)CN1C=CCCC(F)(F)C1=O. The molecule has 4 nitrogen and oxygen atoms in total. The van der Waals surface area contributed by atoms with Gasteiger partial charge in [-0.05, 0) is 13.3 Å². The molecule has 0 saturated carbocycles. The minimum Gasteiger partial charge on any atom is -0.465 e. The molecule has 16 heavy (non-hydrogen) atoms. The van der Waals surface area contributed by atoms with Crippen LogP contribution in [0.4, 0.5) is 8.78 Å². The van der Waals surface area contributed by atoms with Crippen molar-refractivity contribution in [1.82, 2.24) is 4.90 Å². The summed E-state index contributed by atoms with van der Waals surface area (Å²) in [7, 11) is 0. The van der Waals surface area contributed by atoms with E-state index >= 15 is 0 Å². The van der Waals surface area contributed by atoms with Crippen LogP contribution in [0, 0.1) is 0 Å². The van der Waals surface area contributed by atoms with Gasteiger partial charge in [0.2, 0.25) is 0 Å². The van der Waals surface area contributed by atoms with Crippen LogP contribution in [0.5, 0.6) is 0 Å². The molecule has 0 radical (unpaired) electrons. The largest absolute Gasteiger partial charge is 0.465 e. The fourth-order valence-electron chi connectivity index (χ4n) is 1.32. The zero-order valence-electron chi connectivity index (χ0n) is 8.91. The van der Waals surface area contributed by atoms with E-state index in [-0.39, 0.29) is 13.0 Å². The van der Waals surface area contributed by atoms with Crippen LogP contribution in [0.3, 0.4) is 0 Å². The van der Waals surface area contributed by atoms with Gasteiger partial charge in [0.25, 0.3) is 5.91 Å². The van der Waals surface area contributed by atoms with Gasteiger partial charge in [0.1, 0.15) is 6.54 Å². The highest BCUT2D eigenvalue weighted by atomic mass is 19.3. The summed E-state index contributed by atoms with van der Waals surface area (Å²) in [5, 5.41) is 0. The van der Waals surface area contributed by atoms with E-state index in [9.17, 15) is 18.4 Å². The second-order valence-electron chi connectivity index (χ2n) is 3.37. The molecule has 0 atom stereocenters. The maximum Gasteiger partial charge on any atom is 0.326 e. The van der Waals surface area contributed by atoms with Crippen molar-refractivity contribution >= 4 is 11.9 Å².